The molecule has 0 N–H and O–H groups in total. The average molecular weight is 338 g/mol. The summed E-state index contributed by atoms with van der Waals surface area (Å²) in [4.78, 5) is 11.1. The van der Waals surface area contributed by atoms with Crippen LogP contribution in [0.4, 0.5) is 0 Å². The van der Waals surface area contributed by atoms with Crippen LogP contribution in [0, 0.1) is 5.92 Å². The molecule has 0 aromatic carbocycles. The fourth-order valence-corrected chi connectivity index (χ4v) is 3.12. The van der Waals surface area contributed by atoms with E-state index in [9.17, 15) is 9.90 Å². The number of aliphatic carboxylic acids is 1. The molecule has 2 heteroatoms. The van der Waals surface area contributed by atoms with Crippen molar-refractivity contribution in [1.82, 2.24) is 0 Å². The van der Waals surface area contributed by atoms with E-state index in [4.69, 9.17) is 0 Å². The zero-order chi connectivity index (χ0) is 17.9. The number of carbonyl (C=O) groups excluding carboxylic acids is 1. The Hall–Kier alpha value is -0.790. The van der Waals surface area contributed by atoms with Gasteiger partial charge in [-0.05, 0) is 44.4 Å². The quantitative estimate of drug-likeness (QED) is 0.221. The van der Waals surface area contributed by atoms with Crippen LogP contribution < -0.4 is 5.11 Å². The van der Waals surface area contributed by atoms with Crippen LogP contribution in [-0.2, 0) is 4.79 Å². The van der Waals surface area contributed by atoms with Gasteiger partial charge in [-0.2, -0.15) is 0 Å². The van der Waals surface area contributed by atoms with Crippen molar-refractivity contribution in [2.24, 2.45) is 5.92 Å². The Morgan fingerprint density at radius 2 is 1.17 bits per heavy atom. The van der Waals surface area contributed by atoms with Gasteiger partial charge in [0.15, 0.2) is 0 Å². The van der Waals surface area contributed by atoms with E-state index in [2.05, 4.69) is 26.0 Å². The van der Waals surface area contributed by atoms with Gasteiger partial charge in [0.1, 0.15) is 0 Å². The maximum Gasteiger partial charge on any atom is 0.0445 e. The van der Waals surface area contributed by atoms with Crippen LogP contribution in [0.3, 0.4) is 0 Å². The van der Waals surface area contributed by atoms with Crippen LogP contribution in [0.5, 0.6) is 0 Å². The second-order valence-corrected chi connectivity index (χ2v) is 7.18. The summed E-state index contributed by atoms with van der Waals surface area (Å²) in [5.41, 5.74) is 0. The highest BCUT2D eigenvalue weighted by Crippen LogP contribution is 2.17. The van der Waals surface area contributed by atoms with E-state index in [0.29, 0.717) is 0 Å². The van der Waals surface area contributed by atoms with Crippen LogP contribution in [0.25, 0.3) is 0 Å². The van der Waals surface area contributed by atoms with Crippen molar-refractivity contribution in [2.75, 3.05) is 0 Å². The van der Waals surface area contributed by atoms with E-state index in [-0.39, 0.29) is 5.92 Å². The highest BCUT2D eigenvalue weighted by Gasteiger charge is 2.08. The molecule has 0 rings (SSSR count). The molecule has 0 heterocycles. The maximum absolute atomic E-state index is 11.1. The molecule has 0 saturated heterocycles. The lowest BCUT2D eigenvalue weighted by atomic mass is 9.95. The smallest absolute Gasteiger partial charge is 0.0445 e. The molecule has 1 unspecified atom stereocenters. The molecular weight excluding hydrogens is 296 g/mol. The fourth-order valence-electron chi connectivity index (χ4n) is 3.12. The molecule has 0 bridgehead atoms. The topological polar surface area (TPSA) is 40.1 Å². The van der Waals surface area contributed by atoms with Gasteiger partial charge in [-0.3, -0.25) is 0 Å². The second-order valence-electron chi connectivity index (χ2n) is 7.18. The van der Waals surface area contributed by atoms with Crippen molar-refractivity contribution in [3.05, 3.63) is 12.2 Å². The summed E-state index contributed by atoms with van der Waals surface area (Å²) in [7, 11) is 0. The largest absolute Gasteiger partial charge is 0.550 e. The van der Waals surface area contributed by atoms with Crippen molar-refractivity contribution >= 4 is 5.97 Å². The van der Waals surface area contributed by atoms with E-state index >= 15 is 0 Å². The van der Waals surface area contributed by atoms with Gasteiger partial charge in [0.2, 0.25) is 0 Å². The third kappa shape index (κ3) is 16.1. The van der Waals surface area contributed by atoms with Gasteiger partial charge in [0, 0.05) is 5.97 Å². The van der Waals surface area contributed by atoms with Crippen molar-refractivity contribution in [3.8, 4) is 0 Å². The minimum absolute atomic E-state index is 0.220. The van der Waals surface area contributed by atoms with Gasteiger partial charge in [-0.15, -0.1) is 0 Å². The molecule has 0 amide bonds. The maximum atomic E-state index is 11.1. The predicted octanol–water partition coefficient (Wildman–Crippen LogP) is 6.19. The molecule has 0 aliphatic rings. The monoisotopic (exact) mass is 337 g/mol. The van der Waals surface area contributed by atoms with Gasteiger partial charge in [-0.25, -0.2) is 0 Å². The molecule has 1 atom stereocenters. The summed E-state index contributed by atoms with van der Waals surface area (Å²) in [6.07, 6.45) is 23.6. The number of allylic oxidation sites excluding steroid dienone is 2. The number of rotatable bonds is 18. The van der Waals surface area contributed by atoms with Gasteiger partial charge < -0.3 is 9.90 Å². The highest BCUT2D eigenvalue weighted by molar-refractivity contribution is 5.67. The lowest BCUT2D eigenvalue weighted by molar-refractivity contribution is -0.312. The Morgan fingerprint density at radius 1 is 0.708 bits per heavy atom. The van der Waals surface area contributed by atoms with E-state index in [0.717, 1.165) is 38.5 Å². The minimum Gasteiger partial charge on any atom is -0.550 e. The highest BCUT2D eigenvalue weighted by atomic mass is 16.4. The molecule has 2 nitrogen and oxygen atoms in total. The molecule has 0 spiro atoms. The molecule has 0 saturated carbocycles. The lowest BCUT2D eigenvalue weighted by Gasteiger charge is -2.17. The van der Waals surface area contributed by atoms with E-state index in [1.54, 1.807) is 0 Å². The van der Waals surface area contributed by atoms with Crippen LogP contribution in [0.2, 0.25) is 0 Å². The first kappa shape index (κ1) is 23.2. The summed E-state index contributed by atoms with van der Waals surface area (Å²) < 4.78 is 0. The zero-order valence-electron chi connectivity index (χ0n) is 16.4. The van der Waals surface area contributed by atoms with Gasteiger partial charge in [0.05, 0.1) is 0 Å². The number of hydrogen-bond donors (Lipinski definition) is 0. The average Bonchev–Trinajstić information content (AvgIpc) is 2.57. The van der Waals surface area contributed by atoms with Gasteiger partial charge in [-0.1, -0.05) is 90.2 Å². The molecule has 0 aliphatic carbocycles. The molecule has 0 aliphatic heterocycles. The molecule has 0 radical (unpaired) electrons. The van der Waals surface area contributed by atoms with Crippen LogP contribution >= 0.6 is 0 Å². The zero-order valence-corrected chi connectivity index (χ0v) is 16.4. The van der Waals surface area contributed by atoms with Gasteiger partial charge in [0.25, 0.3) is 0 Å². The molecule has 0 fully saturated rings. The molecule has 0 aromatic rings. The third-order valence-corrected chi connectivity index (χ3v) is 4.80. The summed E-state index contributed by atoms with van der Waals surface area (Å²) in [5, 5.41) is 11.1. The first-order chi connectivity index (χ1) is 11.7. The molecular formula is C22H41O2-. The van der Waals surface area contributed by atoms with E-state index < -0.39 is 5.97 Å². The Bertz CT molecular complexity index is 296. The van der Waals surface area contributed by atoms with Gasteiger partial charge >= 0.3 is 0 Å². The Morgan fingerprint density at radius 3 is 1.71 bits per heavy atom. The van der Waals surface area contributed by atoms with E-state index in [1.165, 1.54) is 64.2 Å². The molecule has 24 heavy (non-hydrogen) atoms. The summed E-state index contributed by atoms with van der Waals surface area (Å²) in [6, 6.07) is 0. The number of unbranched alkanes of at least 4 members (excludes halogenated alkanes) is 11. The SMILES string of the molecule is CCCCCCCC/C=C\CCCCCCC(CCCC)C(=O)[O-]. The van der Waals surface area contributed by atoms with Crippen molar-refractivity contribution in [1.29, 1.82) is 0 Å². The Kier molecular flexibility index (Phi) is 17.9. The number of carboxylic acid groups (broad SMARTS) is 1. The first-order valence-electron chi connectivity index (χ1n) is 10.6. The van der Waals surface area contributed by atoms with E-state index in [1.807, 2.05) is 0 Å². The predicted molar refractivity (Wildman–Crippen MR) is 103 cm³/mol. The minimum atomic E-state index is -0.846. The molecule has 142 valence electrons. The standard InChI is InChI=1S/C22H42O2/c1-3-5-7-8-9-10-11-12-13-14-15-16-17-18-20-21(22(23)24)19-6-4-2/h12-13,21H,3-11,14-20H2,1-2H3,(H,23,24)/p-1/b13-12-. The fraction of sp³-hybridized carbons (Fsp3) is 0.864. The molecule has 0 aromatic heterocycles. The normalized spacial score (nSPS) is 12.8. The van der Waals surface area contributed by atoms with Crippen LogP contribution in [0.1, 0.15) is 117 Å². The summed E-state index contributed by atoms with van der Waals surface area (Å²) in [6.45, 7) is 4.36. The third-order valence-electron chi connectivity index (χ3n) is 4.80. The van der Waals surface area contributed by atoms with Crippen LogP contribution in [-0.4, -0.2) is 5.97 Å². The summed E-state index contributed by atoms with van der Waals surface area (Å²) >= 11 is 0. The van der Waals surface area contributed by atoms with Crippen LogP contribution in [0.15, 0.2) is 12.2 Å². The lowest BCUT2D eigenvalue weighted by Crippen LogP contribution is -2.31. The first-order valence-corrected chi connectivity index (χ1v) is 10.6. The number of carbonyl (C=O) groups is 1. The van der Waals surface area contributed by atoms with Crippen molar-refractivity contribution in [2.45, 2.75) is 117 Å². The van der Waals surface area contributed by atoms with Crippen molar-refractivity contribution in [3.63, 3.8) is 0 Å². The second kappa shape index (κ2) is 18.5. The Labute approximate surface area is 151 Å². The number of carboxylic acids is 1. The van der Waals surface area contributed by atoms with Crippen molar-refractivity contribution < 1.29 is 9.90 Å². The summed E-state index contributed by atoms with van der Waals surface area (Å²) in [5.74, 6) is -1.07. The Balaban J connectivity index is 3.37. The number of hydrogen-bond acceptors (Lipinski definition) is 2.